The van der Waals surface area contributed by atoms with E-state index in [1.165, 1.54) is 24.3 Å². The number of nitrogens with two attached hydrogens (primary N) is 1. The van der Waals surface area contributed by atoms with Gasteiger partial charge in [-0.1, -0.05) is 24.3 Å². The lowest BCUT2D eigenvalue weighted by atomic mass is 10.0. The van der Waals surface area contributed by atoms with Crippen LogP contribution in [0.25, 0.3) is 33.9 Å². The van der Waals surface area contributed by atoms with Crippen LogP contribution in [0, 0.1) is 11.6 Å². The molecule has 0 bridgehead atoms. The Morgan fingerprint density at radius 3 is 2.11 bits per heavy atom. The Labute approximate surface area is 271 Å². The van der Waals surface area contributed by atoms with Crippen LogP contribution in [0.3, 0.4) is 0 Å². The Kier molecular flexibility index (Phi) is 10.3. The number of carbonyl (C=O) groups excluding carboxylic acids is 1. The second-order valence-corrected chi connectivity index (χ2v) is 11.0. The Morgan fingerprint density at radius 1 is 0.766 bits per heavy atom. The number of benzene rings is 4. The van der Waals surface area contributed by atoms with E-state index < -0.39 is 0 Å². The molecule has 1 aliphatic rings. The number of fused-ring (bicyclic) bond motifs is 1. The molecule has 0 saturated carbocycles. The minimum absolute atomic E-state index is 0.0359. The van der Waals surface area contributed by atoms with Crippen LogP contribution >= 0.6 is 0 Å². The van der Waals surface area contributed by atoms with Crippen molar-refractivity contribution < 1.29 is 32.5 Å². The van der Waals surface area contributed by atoms with Gasteiger partial charge in [0.2, 0.25) is 6.79 Å². The normalized spacial score (nSPS) is 12.1. The molecule has 242 valence electrons. The molecular weight excluding hydrogens is 604 g/mol. The summed E-state index contributed by atoms with van der Waals surface area (Å²) in [6.45, 7) is 2.92. The zero-order valence-electron chi connectivity index (χ0n) is 25.8. The number of hydrogen-bond donors (Lipinski definition) is 1. The third-order valence-electron chi connectivity index (χ3n) is 7.78. The monoisotopic (exact) mass is 639 g/mol. The molecule has 47 heavy (non-hydrogen) atoms. The van der Waals surface area contributed by atoms with Crippen LogP contribution in [0.4, 0.5) is 8.78 Å². The number of halogens is 2. The number of Topliss-reactive ketones (excluding diaryl/α,β-unsaturated/α-hetero) is 1. The van der Waals surface area contributed by atoms with E-state index in [0.717, 1.165) is 22.4 Å². The lowest BCUT2D eigenvalue weighted by molar-refractivity contribution is 0.0489. The number of imidazole rings is 1. The first-order chi connectivity index (χ1) is 23.0. The number of ether oxygens (including phenoxy) is 4. The van der Waals surface area contributed by atoms with Gasteiger partial charge in [-0.3, -0.25) is 4.79 Å². The Morgan fingerprint density at radius 2 is 1.40 bits per heavy atom. The summed E-state index contributed by atoms with van der Waals surface area (Å²) in [6, 6.07) is 25.5. The Balaban J connectivity index is 1.30. The maximum atomic E-state index is 14.1. The van der Waals surface area contributed by atoms with Crippen molar-refractivity contribution >= 4 is 5.78 Å². The highest BCUT2D eigenvalue weighted by Gasteiger charge is 2.24. The van der Waals surface area contributed by atoms with Crippen LogP contribution in [0.5, 0.6) is 11.5 Å². The van der Waals surface area contributed by atoms with Gasteiger partial charge in [-0.05, 0) is 78.7 Å². The molecule has 0 atom stereocenters. The molecule has 1 aliphatic heterocycles. The van der Waals surface area contributed by atoms with Crippen LogP contribution in [0.2, 0.25) is 0 Å². The van der Waals surface area contributed by atoms with E-state index in [9.17, 15) is 13.6 Å². The second-order valence-electron chi connectivity index (χ2n) is 11.0. The van der Waals surface area contributed by atoms with Gasteiger partial charge in [-0.2, -0.15) is 0 Å². The maximum absolute atomic E-state index is 14.1. The molecule has 0 aliphatic carbocycles. The molecule has 0 amide bonds. The van der Waals surface area contributed by atoms with Gasteiger partial charge in [0.05, 0.1) is 31.2 Å². The summed E-state index contributed by atoms with van der Waals surface area (Å²) in [5.41, 5.74) is 10.5. The van der Waals surface area contributed by atoms with Crippen LogP contribution in [0.15, 0.2) is 91.0 Å². The highest BCUT2D eigenvalue weighted by molar-refractivity contribution is 5.96. The van der Waals surface area contributed by atoms with Gasteiger partial charge in [0.1, 0.15) is 17.5 Å². The van der Waals surface area contributed by atoms with Crippen molar-refractivity contribution in [3.05, 3.63) is 114 Å². The number of rotatable bonds is 15. The fraction of sp³-hybridized carbons (Fsp3) is 0.243. The van der Waals surface area contributed by atoms with Crippen molar-refractivity contribution in [1.29, 1.82) is 0 Å². The van der Waals surface area contributed by atoms with Gasteiger partial charge < -0.3 is 29.2 Å². The van der Waals surface area contributed by atoms with E-state index in [1.807, 2.05) is 42.5 Å². The molecule has 4 aromatic carbocycles. The minimum atomic E-state index is -0.359. The van der Waals surface area contributed by atoms with Crippen molar-refractivity contribution in [3.63, 3.8) is 0 Å². The van der Waals surface area contributed by atoms with Gasteiger partial charge in [0, 0.05) is 48.4 Å². The highest BCUT2D eigenvalue weighted by atomic mass is 19.1. The molecule has 2 heterocycles. The van der Waals surface area contributed by atoms with Crippen molar-refractivity contribution in [1.82, 2.24) is 9.55 Å². The van der Waals surface area contributed by atoms with Crippen LogP contribution in [-0.4, -0.2) is 55.1 Å². The van der Waals surface area contributed by atoms with Crippen LogP contribution in [-0.2, 0) is 16.0 Å². The topological polar surface area (TPSA) is 97.8 Å². The van der Waals surface area contributed by atoms with E-state index in [-0.39, 0.29) is 24.2 Å². The van der Waals surface area contributed by atoms with E-state index >= 15 is 0 Å². The van der Waals surface area contributed by atoms with Crippen molar-refractivity contribution in [3.8, 4) is 45.4 Å². The predicted molar refractivity (Wildman–Crippen MR) is 174 cm³/mol. The number of aromatic nitrogens is 2. The lowest BCUT2D eigenvalue weighted by Gasteiger charge is -2.14. The smallest absolute Gasteiger partial charge is 0.231 e. The van der Waals surface area contributed by atoms with Crippen molar-refractivity contribution in [2.45, 2.75) is 19.4 Å². The van der Waals surface area contributed by atoms with Gasteiger partial charge >= 0.3 is 0 Å². The molecule has 6 rings (SSSR count). The van der Waals surface area contributed by atoms with Crippen LogP contribution in [0.1, 0.15) is 28.8 Å². The van der Waals surface area contributed by atoms with Crippen molar-refractivity contribution in [2.75, 3.05) is 39.8 Å². The SMILES string of the molecule is NCCOCCOCCCC(=O)c1ccc(Cn2c(-c3ccc4c(c3)OCO4)nc(-c3ccc(F)cc3)c2-c2ccc(F)cc2)cc1. The average Bonchev–Trinajstić information content (AvgIpc) is 3.71. The van der Waals surface area contributed by atoms with Gasteiger partial charge in [-0.25, -0.2) is 13.8 Å². The fourth-order valence-corrected chi connectivity index (χ4v) is 5.44. The lowest BCUT2D eigenvalue weighted by Crippen LogP contribution is -2.12. The first-order valence-electron chi connectivity index (χ1n) is 15.5. The summed E-state index contributed by atoms with van der Waals surface area (Å²) in [5, 5.41) is 0. The average molecular weight is 640 g/mol. The summed E-state index contributed by atoms with van der Waals surface area (Å²) in [7, 11) is 0. The zero-order chi connectivity index (χ0) is 32.6. The molecule has 2 N–H and O–H groups in total. The van der Waals surface area contributed by atoms with E-state index in [0.29, 0.717) is 86.5 Å². The predicted octanol–water partition coefficient (Wildman–Crippen LogP) is 6.89. The molecule has 0 unspecified atom stereocenters. The molecule has 0 saturated heterocycles. The molecule has 1 aromatic heterocycles. The third-order valence-corrected chi connectivity index (χ3v) is 7.78. The summed E-state index contributed by atoms with van der Waals surface area (Å²) in [4.78, 5) is 18.0. The number of hydrogen-bond acceptors (Lipinski definition) is 7. The largest absolute Gasteiger partial charge is 0.454 e. The van der Waals surface area contributed by atoms with Crippen molar-refractivity contribution in [2.24, 2.45) is 5.73 Å². The first-order valence-corrected chi connectivity index (χ1v) is 15.5. The van der Waals surface area contributed by atoms with E-state index in [4.69, 9.17) is 29.7 Å². The molecule has 5 aromatic rings. The number of ketones is 1. The summed E-state index contributed by atoms with van der Waals surface area (Å²) in [6.07, 6.45) is 0.979. The van der Waals surface area contributed by atoms with Gasteiger partial charge in [0.15, 0.2) is 17.3 Å². The van der Waals surface area contributed by atoms with E-state index in [1.54, 1.807) is 24.3 Å². The molecule has 10 heteroatoms. The minimum Gasteiger partial charge on any atom is -0.454 e. The summed E-state index contributed by atoms with van der Waals surface area (Å²) >= 11 is 0. The Bertz CT molecular complexity index is 1810. The quantitative estimate of drug-likeness (QED) is 0.0984. The van der Waals surface area contributed by atoms with Gasteiger partial charge in [0.25, 0.3) is 0 Å². The second kappa shape index (κ2) is 15.1. The molecule has 0 radical (unpaired) electrons. The number of carbonyl (C=O) groups is 1. The Hall–Kier alpha value is -4.90. The molecule has 0 spiro atoms. The molecule has 8 nitrogen and oxygen atoms in total. The first kappa shape index (κ1) is 32.1. The van der Waals surface area contributed by atoms with E-state index in [2.05, 4.69) is 4.57 Å². The molecular formula is C37H35F2N3O5. The molecule has 0 fully saturated rings. The van der Waals surface area contributed by atoms with Gasteiger partial charge in [-0.15, -0.1) is 0 Å². The maximum Gasteiger partial charge on any atom is 0.231 e. The summed E-state index contributed by atoms with van der Waals surface area (Å²) < 4.78 is 52.1. The standard InChI is InChI=1S/C37H35F2N3O5/c38-30-12-7-27(8-13-30)35-36(28-9-14-31(39)15-10-28)42(37(41-35)29-11-16-33-34(22-29)47-24-46-33)23-25-3-5-26(6-4-25)32(43)2-1-18-44-20-21-45-19-17-40/h3-16,22H,1-2,17-21,23-24,40H2. The summed E-state index contributed by atoms with van der Waals surface area (Å²) in [5.74, 6) is 1.21. The van der Waals surface area contributed by atoms with Crippen LogP contribution < -0.4 is 15.2 Å². The highest BCUT2D eigenvalue weighted by Crippen LogP contribution is 2.40. The number of nitrogens with zero attached hydrogens (tertiary/aromatic N) is 2. The third kappa shape index (κ3) is 7.74. The fourth-order valence-electron chi connectivity index (χ4n) is 5.44. The zero-order valence-corrected chi connectivity index (χ0v) is 25.8.